The van der Waals surface area contributed by atoms with Crippen LogP contribution in [0.15, 0.2) is 102 Å². The summed E-state index contributed by atoms with van der Waals surface area (Å²) in [7, 11) is -1.47. The van der Waals surface area contributed by atoms with Gasteiger partial charge in [-0.15, -0.1) is 0 Å². The van der Waals surface area contributed by atoms with Crippen molar-refractivity contribution < 1.29 is 27.5 Å². The van der Waals surface area contributed by atoms with Gasteiger partial charge in [-0.1, -0.05) is 71.7 Å². The van der Waals surface area contributed by atoms with Crippen molar-refractivity contribution in [1.82, 2.24) is 10.2 Å². The third kappa shape index (κ3) is 8.77. The molecule has 1 atom stereocenters. The third-order valence-electron chi connectivity index (χ3n) is 7.37. The van der Waals surface area contributed by atoms with Crippen molar-refractivity contribution in [3.8, 4) is 11.5 Å². The Bertz CT molecular complexity index is 1770. The first kappa shape index (κ1) is 35.6. The van der Waals surface area contributed by atoms with E-state index in [0.29, 0.717) is 21.4 Å². The molecule has 0 aliphatic carbocycles. The minimum atomic E-state index is -4.36. The van der Waals surface area contributed by atoms with E-state index in [0.717, 1.165) is 9.87 Å². The second kappa shape index (κ2) is 16.0. The number of methoxy groups -OCH3 is 2. The summed E-state index contributed by atoms with van der Waals surface area (Å²) in [6.45, 7) is 2.80. The number of carbonyl (C=O) groups is 2. The number of para-hydroxylation sites is 2. The van der Waals surface area contributed by atoms with Crippen molar-refractivity contribution >= 4 is 50.7 Å². The Kier molecular flexibility index (Phi) is 12.1. The Morgan fingerprint density at radius 2 is 1.43 bits per heavy atom. The Hall–Kier alpha value is -4.25. The Morgan fingerprint density at radius 1 is 0.809 bits per heavy atom. The summed E-state index contributed by atoms with van der Waals surface area (Å²) in [5.41, 5.74) is 1.36. The largest absolute Gasteiger partial charge is 0.497 e. The Morgan fingerprint density at radius 3 is 2.02 bits per heavy atom. The lowest BCUT2D eigenvalue weighted by molar-refractivity contribution is -0.140. The van der Waals surface area contributed by atoms with Gasteiger partial charge in [0.25, 0.3) is 10.0 Å². The highest BCUT2D eigenvalue weighted by Crippen LogP contribution is 2.34. The van der Waals surface area contributed by atoms with Crippen molar-refractivity contribution in [2.24, 2.45) is 0 Å². The van der Waals surface area contributed by atoms with Gasteiger partial charge >= 0.3 is 0 Å². The highest BCUT2D eigenvalue weighted by molar-refractivity contribution is 7.92. The van der Waals surface area contributed by atoms with E-state index in [1.54, 1.807) is 42.5 Å². The maximum absolute atomic E-state index is 14.6. The van der Waals surface area contributed by atoms with Gasteiger partial charge in [-0.05, 0) is 67.9 Å². The summed E-state index contributed by atoms with van der Waals surface area (Å²) in [5.74, 6) is -0.380. The molecule has 0 aliphatic heterocycles. The van der Waals surface area contributed by atoms with Gasteiger partial charge in [-0.2, -0.15) is 0 Å². The first-order valence-corrected chi connectivity index (χ1v) is 17.0. The number of rotatable bonds is 14. The van der Waals surface area contributed by atoms with Crippen LogP contribution in [0.5, 0.6) is 11.5 Å². The van der Waals surface area contributed by atoms with Crippen LogP contribution in [0, 0.1) is 0 Å². The molecular formula is C35H37Cl2N3O6S. The molecule has 0 unspecified atom stereocenters. The van der Waals surface area contributed by atoms with Crippen LogP contribution in [0.2, 0.25) is 10.0 Å². The molecule has 2 amide bonds. The van der Waals surface area contributed by atoms with Gasteiger partial charge < -0.3 is 19.7 Å². The molecule has 0 spiro atoms. The van der Waals surface area contributed by atoms with E-state index in [1.165, 1.54) is 43.4 Å². The Labute approximate surface area is 286 Å². The normalized spacial score (nSPS) is 11.9. The SMILES string of the molecule is COc1ccc(S(=O)(=O)N(CC(=O)N(Cc2c(Cl)cccc2Cl)[C@@H](Cc2ccccc2)C(=O)NC(C)C)c2ccccc2OC)cc1. The fourth-order valence-electron chi connectivity index (χ4n) is 5.01. The maximum Gasteiger partial charge on any atom is 0.264 e. The summed E-state index contributed by atoms with van der Waals surface area (Å²) in [5, 5.41) is 3.51. The molecule has 0 radical (unpaired) electrons. The quantitative estimate of drug-likeness (QED) is 0.164. The molecule has 0 fully saturated rings. The van der Waals surface area contributed by atoms with E-state index in [4.69, 9.17) is 32.7 Å². The number of ether oxygens (including phenoxy) is 2. The number of sulfonamides is 1. The number of anilines is 1. The summed E-state index contributed by atoms with van der Waals surface area (Å²) < 4.78 is 40.3. The molecule has 0 aliphatic rings. The van der Waals surface area contributed by atoms with E-state index in [1.807, 2.05) is 44.2 Å². The highest BCUT2D eigenvalue weighted by Gasteiger charge is 2.36. The van der Waals surface area contributed by atoms with E-state index in [-0.39, 0.29) is 35.3 Å². The molecule has 4 aromatic carbocycles. The minimum absolute atomic E-state index is 0.0731. The fraction of sp³-hybridized carbons (Fsp3) is 0.257. The first-order chi connectivity index (χ1) is 22.5. The Balaban J connectivity index is 1.86. The van der Waals surface area contributed by atoms with E-state index in [9.17, 15) is 18.0 Å². The van der Waals surface area contributed by atoms with Crippen LogP contribution in [-0.2, 0) is 32.6 Å². The predicted molar refractivity (Wildman–Crippen MR) is 185 cm³/mol. The fourth-order valence-corrected chi connectivity index (χ4v) is 6.95. The molecule has 0 saturated heterocycles. The molecule has 9 nitrogen and oxygen atoms in total. The number of carbonyl (C=O) groups excluding carboxylic acids is 2. The molecule has 47 heavy (non-hydrogen) atoms. The highest BCUT2D eigenvalue weighted by atomic mass is 35.5. The number of halogens is 2. The lowest BCUT2D eigenvalue weighted by atomic mass is 10.0. The van der Waals surface area contributed by atoms with E-state index in [2.05, 4.69) is 5.32 Å². The average Bonchev–Trinajstić information content (AvgIpc) is 3.06. The number of hydrogen-bond acceptors (Lipinski definition) is 6. The van der Waals surface area contributed by atoms with Crippen LogP contribution in [0.1, 0.15) is 25.0 Å². The second-order valence-corrected chi connectivity index (χ2v) is 13.6. The summed E-state index contributed by atoms with van der Waals surface area (Å²) in [6, 6.07) is 25.3. The molecule has 12 heteroatoms. The lowest BCUT2D eigenvalue weighted by Crippen LogP contribution is -2.54. The topological polar surface area (TPSA) is 105 Å². The lowest BCUT2D eigenvalue weighted by Gasteiger charge is -2.34. The maximum atomic E-state index is 14.6. The van der Waals surface area contributed by atoms with Gasteiger partial charge in [0.15, 0.2) is 0 Å². The van der Waals surface area contributed by atoms with Gasteiger partial charge in [0.1, 0.15) is 24.1 Å². The van der Waals surface area contributed by atoms with Crippen LogP contribution >= 0.6 is 23.2 Å². The van der Waals surface area contributed by atoms with Gasteiger partial charge in [0, 0.05) is 34.6 Å². The van der Waals surface area contributed by atoms with Crippen molar-refractivity contribution in [3.63, 3.8) is 0 Å². The predicted octanol–water partition coefficient (Wildman–Crippen LogP) is 6.37. The zero-order valence-electron chi connectivity index (χ0n) is 26.5. The number of amides is 2. The van der Waals surface area contributed by atoms with Crippen molar-refractivity contribution in [2.75, 3.05) is 25.1 Å². The summed E-state index contributed by atoms with van der Waals surface area (Å²) in [6.07, 6.45) is 0.146. The second-order valence-electron chi connectivity index (χ2n) is 10.9. The van der Waals surface area contributed by atoms with Crippen LogP contribution in [-0.4, -0.2) is 58.0 Å². The zero-order chi connectivity index (χ0) is 34.1. The molecule has 1 N–H and O–H groups in total. The number of hydrogen-bond donors (Lipinski definition) is 1. The monoisotopic (exact) mass is 697 g/mol. The van der Waals surface area contributed by atoms with Crippen LogP contribution in [0.3, 0.4) is 0 Å². The standard InChI is InChI=1S/C35H37Cl2N3O6S/c1-24(2)38-35(42)32(21-25-11-6-5-7-12-25)39(22-28-29(36)13-10-14-30(28)37)34(41)23-40(31-15-8-9-16-33(31)46-4)47(43,44)27-19-17-26(45-3)18-20-27/h5-20,24,32H,21-23H2,1-4H3,(H,38,42)/t32-/m0/s1. The first-order valence-electron chi connectivity index (χ1n) is 14.8. The van der Waals surface area contributed by atoms with Crippen molar-refractivity contribution in [1.29, 1.82) is 0 Å². The van der Waals surface area contributed by atoms with Crippen LogP contribution in [0.25, 0.3) is 0 Å². The molecular weight excluding hydrogens is 661 g/mol. The van der Waals surface area contributed by atoms with Gasteiger partial charge in [-0.25, -0.2) is 8.42 Å². The molecule has 248 valence electrons. The molecule has 0 heterocycles. The van der Waals surface area contributed by atoms with Gasteiger partial charge in [0.2, 0.25) is 11.8 Å². The van der Waals surface area contributed by atoms with E-state index >= 15 is 0 Å². The van der Waals surface area contributed by atoms with Crippen LogP contribution in [0.4, 0.5) is 5.69 Å². The molecule has 0 saturated carbocycles. The van der Waals surface area contributed by atoms with Crippen molar-refractivity contribution in [2.45, 2.75) is 43.8 Å². The average molecular weight is 699 g/mol. The summed E-state index contributed by atoms with van der Waals surface area (Å²) in [4.78, 5) is 29.8. The molecule has 0 aromatic heterocycles. The smallest absolute Gasteiger partial charge is 0.264 e. The molecule has 4 rings (SSSR count). The number of nitrogens with one attached hydrogen (secondary N) is 1. The van der Waals surface area contributed by atoms with Gasteiger partial charge in [0.05, 0.1) is 24.8 Å². The van der Waals surface area contributed by atoms with Crippen molar-refractivity contribution in [3.05, 3.63) is 118 Å². The summed E-state index contributed by atoms with van der Waals surface area (Å²) >= 11 is 13.1. The minimum Gasteiger partial charge on any atom is -0.497 e. The molecule has 0 bridgehead atoms. The van der Waals surface area contributed by atoms with Crippen LogP contribution < -0.4 is 19.1 Å². The zero-order valence-corrected chi connectivity index (χ0v) is 28.9. The number of benzene rings is 4. The molecule has 4 aromatic rings. The number of nitrogens with zero attached hydrogens (tertiary/aromatic N) is 2. The van der Waals surface area contributed by atoms with E-state index < -0.39 is 34.4 Å². The third-order valence-corrected chi connectivity index (χ3v) is 9.85. The van der Waals surface area contributed by atoms with Gasteiger partial charge in [-0.3, -0.25) is 13.9 Å².